The van der Waals surface area contributed by atoms with Crippen LogP contribution in [-0.2, 0) is 13.2 Å². The van der Waals surface area contributed by atoms with Crippen molar-refractivity contribution in [1.29, 1.82) is 0 Å². The fourth-order valence-corrected chi connectivity index (χ4v) is 3.12. The van der Waals surface area contributed by atoms with Gasteiger partial charge >= 0.3 is 0 Å². The van der Waals surface area contributed by atoms with Crippen LogP contribution in [0.2, 0.25) is 0 Å². The van der Waals surface area contributed by atoms with Crippen LogP contribution in [0.25, 0.3) is 0 Å². The molecule has 0 atom stereocenters. The maximum absolute atomic E-state index is 14.0. The van der Waals surface area contributed by atoms with Gasteiger partial charge in [0.1, 0.15) is 6.61 Å². The normalized spacial score (nSPS) is 11.1. The molecular formula is C15H16BrF2NOS. The summed E-state index contributed by atoms with van der Waals surface area (Å²) in [4.78, 5) is 0.888. The molecule has 2 aromatic rings. The molecule has 0 aliphatic heterocycles. The van der Waals surface area contributed by atoms with Crippen LogP contribution >= 0.6 is 27.3 Å². The van der Waals surface area contributed by atoms with E-state index >= 15 is 0 Å². The summed E-state index contributed by atoms with van der Waals surface area (Å²) in [5, 5.41) is 5.00. The van der Waals surface area contributed by atoms with Gasteiger partial charge < -0.3 is 10.1 Å². The zero-order valence-electron chi connectivity index (χ0n) is 11.8. The number of thiophene rings is 1. The first-order valence-electron chi connectivity index (χ1n) is 6.53. The predicted molar refractivity (Wildman–Crippen MR) is 84.7 cm³/mol. The van der Waals surface area contributed by atoms with Crippen LogP contribution in [0.4, 0.5) is 8.78 Å². The second-order valence-electron chi connectivity index (χ2n) is 4.90. The lowest BCUT2D eigenvalue weighted by Crippen LogP contribution is -2.22. The molecule has 1 N–H and O–H groups in total. The Morgan fingerprint density at radius 3 is 2.48 bits per heavy atom. The number of rotatable bonds is 6. The van der Waals surface area contributed by atoms with E-state index in [9.17, 15) is 8.78 Å². The smallest absolute Gasteiger partial charge is 0.191 e. The summed E-state index contributed by atoms with van der Waals surface area (Å²) < 4.78 is 34.1. The third-order valence-electron chi connectivity index (χ3n) is 2.81. The first-order chi connectivity index (χ1) is 9.97. The quantitative estimate of drug-likeness (QED) is 0.777. The molecule has 0 saturated heterocycles. The van der Waals surface area contributed by atoms with Gasteiger partial charge in [0.25, 0.3) is 0 Å². The van der Waals surface area contributed by atoms with Gasteiger partial charge in [-0.3, -0.25) is 0 Å². The van der Waals surface area contributed by atoms with Crippen LogP contribution in [0.1, 0.15) is 24.3 Å². The van der Waals surface area contributed by atoms with Gasteiger partial charge in [0.05, 0.1) is 4.88 Å². The number of nitrogens with one attached hydrogen (secondary N) is 1. The van der Waals surface area contributed by atoms with E-state index in [-0.39, 0.29) is 18.4 Å². The molecule has 1 aromatic carbocycles. The van der Waals surface area contributed by atoms with Gasteiger partial charge in [0.15, 0.2) is 17.4 Å². The SMILES string of the molecule is CC(C)NCc1cc(F)c(OCc2sccc2Br)c(F)c1. The molecule has 114 valence electrons. The van der Waals surface area contributed by atoms with Gasteiger partial charge in [0, 0.05) is 17.1 Å². The second-order valence-corrected chi connectivity index (χ2v) is 6.76. The molecule has 0 amide bonds. The van der Waals surface area contributed by atoms with E-state index in [0.29, 0.717) is 12.1 Å². The Bertz CT molecular complexity index is 592. The highest BCUT2D eigenvalue weighted by Crippen LogP contribution is 2.28. The Labute approximate surface area is 135 Å². The van der Waals surface area contributed by atoms with Crippen LogP contribution in [0.3, 0.4) is 0 Å². The third-order valence-corrected chi connectivity index (χ3v) is 4.71. The lowest BCUT2D eigenvalue weighted by atomic mass is 10.2. The highest BCUT2D eigenvalue weighted by Gasteiger charge is 2.14. The van der Waals surface area contributed by atoms with Gasteiger partial charge in [-0.1, -0.05) is 13.8 Å². The van der Waals surface area contributed by atoms with Gasteiger partial charge in [-0.2, -0.15) is 0 Å². The zero-order valence-corrected chi connectivity index (χ0v) is 14.2. The Kier molecular flexibility index (Phi) is 5.72. The summed E-state index contributed by atoms with van der Waals surface area (Å²) in [6, 6.07) is 4.73. The van der Waals surface area contributed by atoms with Crippen LogP contribution in [0.15, 0.2) is 28.1 Å². The molecule has 0 saturated carbocycles. The van der Waals surface area contributed by atoms with Gasteiger partial charge in [-0.25, -0.2) is 8.78 Å². The number of benzene rings is 1. The molecule has 0 aliphatic carbocycles. The minimum absolute atomic E-state index is 0.135. The summed E-state index contributed by atoms with van der Waals surface area (Å²) in [6.45, 7) is 4.50. The molecule has 0 bridgehead atoms. The molecule has 0 radical (unpaired) electrons. The summed E-state index contributed by atoms with van der Waals surface area (Å²) in [5.74, 6) is -1.69. The molecule has 21 heavy (non-hydrogen) atoms. The predicted octanol–water partition coefficient (Wildman–Crippen LogP) is 4.87. The van der Waals surface area contributed by atoms with Crippen molar-refractivity contribution < 1.29 is 13.5 Å². The number of ether oxygens (including phenoxy) is 1. The fourth-order valence-electron chi connectivity index (χ4n) is 1.74. The van der Waals surface area contributed by atoms with Crippen LogP contribution in [0, 0.1) is 11.6 Å². The standard InChI is InChI=1S/C15H16BrF2NOS/c1-9(2)19-7-10-5-12(17)15(13(18)6-10)20-8-14-11(16)3-4-21-14/h3-6,9,19H,7-8H2,1-2H3. The lowest BCUT2D eigenvalue weighted by Gasteiger charge is -2.11. The van der Waals surface area contributed by atoms with E-state index in [1.807, 2.05) is 25.3 Å². The van der Waals surface area contributed by atoms with E-state index in [2.05, 4.69) is 21.2 Å². The zero-order chi connectivity index (χ0) is 15.4. The molecule has 0 fully saturated rings. The van der Waals surface area contributed by atoms with Crippen molar-refractivity contribution in [2.45, 2.75) is 33.0 Å². The minimum Gasteiger partial charge on any atom is -0.482 e. The topological polar surface area (TPSA) is 21.3 Å². The van der Waals surface area contributed by atoms with E-state index < -0.39 is 11.6 Å². The molecule has 0 aliphatic rings. The monoisotopic (exact) mass is 375 g/mol. The molecule has 2 nitrogen and oxygen atoms in total. The highest BCUT2D eigenvalue weighted by molar-refractivity contribution is 9.10. The van der Waals surface area contributed by atoms with Gasteiger partial charge in [0.2, 0.25) is 0 Å². The molecule has 1 aromatic heterocycles. The Balaban J connectivity index is 2.08. The number of hydrogen-bond donors (Lipinski definition) is 1. The van der Waals surface area contributed by atoms with Crippen molar-refractivity contribution in [2.24, 2.45) is 0 Å². The second kappa shape index (κ2) is 7.33. The van der Waals surface area contributed by atoms with Gasteiger partial charge in [-0.05, 0) is 45.1 Å². The maximum Gasteiger partial charge on any atom is 0.191 e. The molecule has 1 heterocycles. The van der Waals surface area contributed by atoms with Crippen LogP contribution < -0.4 is 10.1 Å². The summed E-state index contributed by atoms with van der Waals surface area (Å²) >= 11 is 4.83. The molecule has 0 spiro atoms. The van der Waals surface area contributed by atoms with E-state index in [0.717, 1.165) is 9.35 Å². The molecule has 6 heteroatoms. The van der Waals surface area contributed by atoms with E-state index in [4.69, 9.17) is 4.74 Å². The Morgan fingerprint density at radius 1 is 1.29 bits per heavy atom. The van der Waals surface area contributed by atoms with Crippen molar-refractivity contribution in [3.8, 4) is 5.75 Å². The average molecular weight is 376 g/mol. The first-order valence-corrected chi connectivity index (χ1v) is 8.20. The molecule has 0 unspecified atom stereocenters. The van der Waals surface area contributed by atoms with Crippen molar-refractivity contribution in [3.05, 3.63) is 50.1 Å². The number of halogens is 3. The average Bonchev–Trinajstić information content (AvgIpc) is 2.81. The molecule has 2 rings (SSSR count). The third kappa shape index (κ3) is 4.49. The van der Waals surface area contributed by atoms with Crippen molar-refractivity contribution in [2.75, 3.05) is 0 Å². The van der Waals surface area contributed by atoms with Crippen molar-refractivity contribution in [1.82, 2.24) is 5.32 Å². The van der Waals surface area contributed by atoms with Crippen molar-refractivity contribution >= 4 is 27.3 Å². The fraction of sp³-hybridized carbons (Fsp3) is 0.333. The van der Waals surface area contributed by atoms with Gasteiger partial charge in [-0.15, -0.1) is 11.3 Å². The van der Waals surface area contributed by atoms with E-state index in [1.165, 1.54) is 23.5 Å². The van der Waals surface area contributed by atoms with Crippen LogP contribution in [0.5, 0.6) is 5.75 Å². The minimum atomic E-state index is -0.678. The largest absolute Gasteiger partial charge is 0.482 e. The number of hydrogen-bond acceptors (Lipinski definition) is 3. The maximum atomic E-state index is 14.0. The van der Waals surface area contributed by atoms with Crippen molar-refractivity contribution in [3.63, 3.8) is 0 Å². The molecular weight excluding hydrogens is 360 g/mol. The summed E-state index contributed by atoms with van der Waals surface area (Å²) in [5.41, 5.74) is 0.559. The Morgan fingerprint density at radius 2 is 1.95 bits per heavy atom. The first kappa shape index (κ1) is 16.4. The summed E-state index contributed by atoms with van der Waals surface area (Å²) in [7, 11) is 0. The highest BCUT2D eigenvalue weighted by atomic mass is 79.9. The van der Waals surface area contributed by atoms with Crippen LogP contribution in [-0.4, -0.2) is 6.04 Å². The summed E-state index contributed by atoms with van der Waals surface area (Å²) in [6.07, 6.45) is 0. The lowest BCUT2D eigenvalue weighted by molar-refractivity contribution is 0.276. The Hall–Kier alpha value is -0.980. The van der Waals surface area contributed by atoms with E-state index in [1.54, 1.807) is 0 Å².